The number of benzene rings is 2. The van der Waals surface area contributed by atoms with Gasteiger partial charge in [-0.05, 0) is 55.0 Å². The number of fused-ring (bicyclic) bond motifs is 1. The largest absolute Gasteiger partial charge is 0.493 e. The Hall–Kier alpha value is -2.16. The Kier molecular flexibility index (Phi) is 10.2. The fraction of sp³-hybridized carbons (Fsp3) is 0.458. The Morgan fingerprint density at radius 1 is 1.03 bits per heavy atom. The van der Waals surface area contributed by atoms with Crippen LogP contribution in [0.1, 0.15) is 42.4 Å². The van der Waals surface area contributed by atoms with Crippen molar-refractivity contribution < 1.29 is 14.2 Å². The smallest absolute Gasteiger partial charge is 0.203 e. The van der Waals surface area contributed by atoms with Crippen LogP contribution in [0.5, 0.6) is 17.2 Å². The summed E-state index contributed by atoms with van der Waals surface area (Å²) in [6, 6.07) is 12.7. The van der Waals surface area contributed by atoms with Crippen molar-refractivity contribution in [2.45, 2.75) is 38.6 Å². The van der Waals surface area contributed by atoms with Crippen LogP contribution in [0.3, 0.4) is 0 Å². The minimum Gasteiger partial charge on any atom is -0.493 e. The quantitative estimate of drug-likeness (QED) is 0.294. The molecule has 0 radical (unpaired) electrons. The average Bonchev–Trinajstić information content (AvgIpc) is 2.79. The van der Waals surface area contributed by atoms with Gasteiger partial charge in [-0.25, -0.2) is 4.99 Å². The number of rotatable bonds is 8. The van der Waals surface area contributed by atoms with Crippen LogP contribution in [0.25, 0.3) is 0 Å². The molecule has 0 aromatic heterocycles. The Morgan fingerprint density at radius 2 is 1.74 bits per heavy atom. The number of hydrogen-bond donors (Lipinski definition) is 2. The number of aryl methyl sites for hydroxylation is 1. The lowest BCUT2D eigenvalue weighted by Crippen LogP contribution is -2.39. The molecule has 0 saturated carbocycles. The van der Waals surface area contributed by atoms with E-state index in [9.17, 15) is 0 Å². The molecule has 1 unspecified atom stereocenters. The summed E-state index contributed by atoms with van der Waals surface area (Å²) in [6.45, 7) is 4.26. The van der Waals surface area contributed by atoms with E-state index < -0.39 is 0 Å². The predicted molar refractivity (Wildman–Crippen MR) is 136 cm³/mol. The van der Waals surface area contributed by atoms with Gasteiger partial charge in [0.05, 0.1) is 27.9 Å². The standard InChI is InChI=1S/C24H33N3O3.HI/c1-5-25-24(27-16-19-11-8-10-18-9-6-7-12-20(18)19)26-15-17-13-21(28-2)23(30-4)22(14-17)29-3;/h6-7,9,12-14,19H,5,8,10-11,15-16H2,1-4H3,(H2,25,26,27);1H. The Bertz CT molecular complexity index is 848. The fourth-order valence-electron chi connectivity index (χ4n) is 4.03. The highest BCUT2D eigenvalue weighted by molar-refractivity contribution is 14.0. The van der Waals surface area contributed by atoms with Crippen molar-refractivity contribution in [2.24, 2.45) is 4.99 Å². The molecule has 1 aliphatic rings. The summed E-state index contributed by atoms with van der Waals surface area (Å²) in [7, 11) is 4.85. The molecule has 1 aliphatic carbocycles. The normalized spacial score (nSPS) is 15.4. The first-order chi connectivity index (χ1) is 14.7. The second-order valence-corrected chi connectivity index (χ2v) is 7.40. The first kappa shape index (κ1) is 25.1. The maximum Gasteiger partial charge on any atom is 0.203 e. The molecule has 0 spiro atoms. The summed E-state index contributed by atoms with van der Waals surface area (Å²) in [5, 5.41) is 6.88. The van der Waals surface area contributed by atoms with E-state index in [0.29, 0.717) is 29.7 Å². The van der Waals surface area contributed by atoms with E-state index in [4.69, 9.17) is 19.2 Å². The lowest BCUT2D eigenvalue weighted by atomic mass is 9.83. The van der Waals surface area contributed by atoms with Crippen molar-refractivity contribution in [3.8, 4) is 17.2 Å². The van der Waals surface area contributed by atoms with E-state index in [1.165, 1.54) is 30.4 Å². The molecule has 6 nitrogen and oxygen atoms in total. The minimum atomic E-state index is 0. The van der Waals surface area contributed by atoms with Crippen LogP contribution in [0.2, 0.25) is 0 Å². The number of guanidine groups is 1. The molecule has 170 valence electrons. The zero-order valence-electron chi connectivity index (χ0n) is 18.9. The number of ether oxygens (including phenoxy) is 3. The average molecular weight is 539 g/mol. The van der Waals surface area contributed by atoms with Gasteiger partial charge in [0.25, 0.3) is 0 Å². The highest BCUT2D eigenvalue weighted by Gasteiger charge is 2.20. The maximum atomic E-state index is 5.45. The molecule has 0 heterocycles. The molecule has 0 amide bonds. The monoisotopic (exact) mass is 539 g/mol. The molecule has 2 aromatic carbocycles. The SMILES string of the molecule is CCNC(=NCc1cc(OC)c(OC)c(OC)c1)NCC1CCCc2ccccc21.I. The highest BCUT2D eigenvalue weighted by Crippen LogP contribution is 2.38. The van der Waals surface area contributed by atoms with Crippen LogP contribution in [0, 0.1) is 0 Å². The fourth-order valence-corrected chi connectivity index (χ4v) is 4.03. The van der Waals surface area contributed by atoms with Crippen molar-refractivity contribution in [1.29, 1.82) is 0 Å². The number of nitrogens with zero attached hydrogens (tertiary/aromatic N) is 1. The number of aliphatic imine (C=N–C) groups is 1. The van der Waals surface area contributed by atoms with E-state index in [0.717, 1.165) is 24.6 Å². The Labute approximate surface area is 202 Å². The summed E-state index contributed by atoms with van der Waals surface area (Å²) >= 11 is 0. The number of halogens is 1. The van der Waals surface area contributed by atoms with Crippen molar-refractivity contribution in [3.63, 3.8) is 0 Å². The summed E-state index contributed by atoms with van der Waals surface area (Å²) < 4.78 is 16.3. The summed E-state index contributed by atoms with van der Waals surface area (Å²) in [5.74, 6) is 3.20. The van der Waals surface area contributed by atoms with Gasteiger partial charge in [0.2, 0.25) is 5.75 Å². The minimum absolute atomic E-state index is 0. The van der Waals surface area contributed by atoms with Crippen LogP contribution in [0.4, 0.5) is 0 Å². The Balaban J connectivity index is 0.00000341. The third kappa shape index (κ3) is 6.41. The first-order valence-corrected chi connectivity index (χ1v) is 10.6. The molecule has 2 aromatic rings. The van der Waals surface area contributed by atoms with E-state index in [1.807, 2.05) is 12.1 Å². The van der Waals surface area contributed by atoms with Crippen molar-refractivity contribution in [3.05, 3.63) is 53.1 Å². The molecule has 7 heteroatoms. The van der Waals surface area contributed by atoms with Crippen molar-refractivity contribution >= 4 is 29.9 Å². The van der Waals surface area contributed by atoms with Crippen molar-refractivity contribution in [2.75, 3.05) is 34.4 Å². The van der Waals surface area contributed by atoms with Gasteiger partial charge in [-0.15, -0.1) is 24.0 Å². The summed E-state index contributed by atoms with van der Waals surface area (Å²) in [4.78, 5) is 4.77. The van der Waals surface area contributed by atoms with Crippen LogP contribution in [-0.4, -0.2) is 40.4 Å². The van der Waals surface area contributed by atoms with Gasteiger partial charge in [0.1, 0.15) is 0 Å². The van der Waals surface area contributed by atoms with Crippen LogP contribution in [0.15, 0.2) is 41.4 Å². The molecular weight excluding hydrogens is 505 g/mol. The van der Waals surface area contributed by atoms with E-state index in [2.05, 4.69) is 41.8 Å². The predicted octanol–water partition coefficient (Wildman–Crippen LogP) is 4.51. The summed E-state index contributed by atoms with van der Waals surface area (Å²) in [5.41, 5.74) is 3.94. The van der Waals surface area contributed by atoms with Crippen LogP contribution in [-0.2, 0) is 13.0 Å². The molecular formula is C24H34IN3O3. The summed E-state index contributed by atoms with van der Waals surface area (Å²) in [6.07, 6.45) is 3.63. The van der Waals surface area contributed by atoms with Gasteiger partial charge in [-0.2, -0.15) is 0 Å². The van der Waals surface area contributed by atoms with Crippen molar-refractivity contribution in [1.82, 2.24) is 10.6 Å². The molecule has 0 aliphatic heterocycles. The topological polar surface area (TPSA) is 64.1 Å². The van der Waals surface area contributed by atoms with Crippen LogP contribution < -0.4 is 24.8 Å². The third-order valence-electron chi connectivity index (χ3n) is 5.50. The molecule has 2 N–H and O–H groups in total. The first-order valence-electron chi connectivity index (χ1n) is 10.6. The van der Waals surface area contributed by atoms with Gasteiger partial charge in [0, 0.05) is 19.0 Å². The van der Waals surface area contributed by atoms with Crippen LogP contribution >= 0.6 is 24.0 Å². The molecule has 0 saturated heterocycles. The molecule has 0 fully saturated rings. The van der Waals surface area contributed by atoms with Gasteiger partial charge >= 0.3 is 0 Å². The highest BCUT2D eigenvalue weighted by atomic mass is 127. The maximum absolute atomic E-state index is 5.45. The van der Waals surface area contributed by atoms with E-state index in [1.54, 1.807) is 21.3 Å². The van der Waals surface area contributed by atoms with E-state index in [-0.39, 0.29) is 24.0 Å². The third-order valence-corrected chi connectivity index (χ3v) is 5.50. The number of hydrogen-bond acceptors (Lipinski definition) is 4. The van der Waals surface area contributed by atoms with E-state index >= 15 is 0 Å². The number of methoxy groups -OCH3 is 3. The molecule has 3 rings (SSSR count). The second kappa shape index (κ2) is 12.6. The van der Waals surface area contributed by atoms with Gasteiger partial charge in [-0.3, -0.25) is 0 Å². The Morgan fingerprint density at radius 3 is 2.39 bits per heavy atom. The van der Waals surface area contributed by atoms with Gasteiger partial charge < -0.3 is 24.8 Å². The molecule has 0 bridgehead atoms. The number of nitrogens with one attached hydrogen (secondary N) is 2. The zero-order valence-corrected chi connectivity index (χ0v) is 21.2. The van der Waals surface area contributed by atoms with Gasteiger partial charge in [0.15, 0.2) is 17.5 Å². The lowest BCUT2D eigenvalue weighted by Gasteiger charge is -2.26. The molecule has 1 atom stereocenters. The second-order valence-electron chi connectivity index (χ2n) is 7.40. The van der Waals surface area contributed by atoms with Gasteiger partial charge in [-0.1, -0.05) is 24.3 Å². The zero-order chi connectivity index (χ0) is 21.3. The lowest BCUT2D eigenvalue weighted by molar-refractivity contribution is 0.324. The molecule has 31 heavy (non-hydrogen) atoms.